The molecule has 0 bridgehead atoms. The van der Waals surface area contributed by atoms with E-state index in [2.05, 4.69) is 10.4 Å². The van der Waals surface area contributed by atoms with Gasteiger partial charge in [0.2, 0.25) is 5.69 Å². The van der Waals surface area contributed by atoms with Crippen molar-refractivity contribution < 1.29 is 23.8 Å². The summed E-state index contributed by atoms with van der Waals surface area (Å²) in [6.45, 7) is 3.14. The largest absolute Gasteiger partial charge is 0.495 e. The van der Waals surface area contributed by atoms with Crippen LogP contribution in [-0.2, 0) is 9.53 Å². The summed E-state index contributed by atoms with van der Waals surface area (Å²) in [4.78, 5) is 37.5. The lowest BCUT2D eigenvalue weighted by Crippen LogP contribution is -2.27. The van der Waals surface area contributed by atoms with E-state index in [-0.39, 0.29) is 18.1 Å². The average molecular weight is 472 g/mol. The fourth-order valence-electron chi connectivity index (χ4n) is 2.87. The molecular formula is C23H22ClN3O6. The molecule has 0 saturated heterocycles. The van der Waals surface area contributed by atoms with E-state index in [4.69, 9.17) is 25.8 Å². The van der Waals surface area contributed by atoms with Crippen molar-refractivity contribution in [2.45, 2.75) is 13.8 Å². The first kappa shape index (κ1) is 23.8. The van der Waals surface area contributed by atoms with E-state index in [1.54, 1.807) is 31.2 Å². The van der Waals surface area contributed by atoms with Crippen LogP contribution < -0.4 is 20.3 Å². The quantitative estimate of drug-likeness (QED) is 0.501. The topological polar surface area (TPSA) is 109 Å². The molecule has 0 fully saturated rings. The molecule has 1 N–H and O–H groups in total. The Morgan fingerprint density at radius 1 is 1.09 bits per heavy atom. The summed E-state index contributed by atoms with van der Waals surface area (Å²) in [5.74, 6) is -1.12. The molecule has 1 aromatic heterocycles. The Morgan fingerprint density at radius 2 is 1.82 bits per heavy atom. The van der Waals surface area contributed by atoms with Gasteiger partial charge in [0.15, 0.2) is 12.4 Å². The molecule has 3 rings (SSSR count). The van der Waals surface area contributed by atoms with E-state index >= 15 is 0 Å². The lowest BCUT2D eigenvalue weighted by molar-refractivity contribution is -0.118. The molecular weight excluding hydrogens is 450 g/mol. The highest BCUT2D eigenvalue weighted by atomic mass is 35.5. The van der Waals surface area contributed by atoms with Gasteiger partial charge < -0.3 is 19.5 Å². The van der Waals surface area contributed by atoms with Crippen molar-refractivity contribution in [1.82, 2.24) is 9.78 Å². The van der Waals surface area contributed by atoms with Gasteiger partial charge in [0.25, 0.3) is 11.5 Å². The molecule has 1 amide bonds. The highest BCUT2D eigenvalue weighted by Crippen LogP contribution is 2.27. The van der Waals surface area contributed by atoms with Gasteiger partial charge in [0.1, 0.15) is 5.75 Å². The van der Waals surface area contributed by atoms with Crippen LogP contribution in [0.4, 0.5) is 5.69 Å². The van der Waals surface area contributed by atoms with Crippen LogP contribution in [0, 0.1) is 6.92 Å². The van der Waals surface area contributed by atoms with E-state index < -0.39 is 24.0 Å². The number of aryl methyl sites for hydroxylation is 1. The molecule has 0 spiro atoms. The Balaban J connectivity index is 1.86. The van der Waals surface area contributed by atoms with Crippen molar-refractivity contribution in [2.75, 3.05) is 25.6 Å². The molecule has 0 aliphatic carbocycles. The van der Waals surface area contributed by atoms with Gasteiger partial charge >= 0.3 is 5.97 Å². The number of hydrogen-bond acceptors (Lipinski definition) is 7. The maximum Gasteiger partial charge on any atom is 0.362 e. The predicted octanol–water partition coefficient (Wildman–Crippen LogP) is 3.40. The summed E-state index contributed by atoms with van der Waals surface area (Å²) in [7, 11) is 1.45. The van der Waals surface area contributed by atoms with E-state index in [9.17, 15) is 14.4 Å². The molecule has 3 aromatic rings. The molecule has 0 saturated carbocycles. The molecule has 172 valence electrons. The smallest absolute Gasteiger partial charge is 0.362 e. The fraction of sp³-hybridized carbons (Fsp3) is 0.217. The maximum atomic E-state index is 12.7. The zero-order valence-corrected chi connectivity index (χ0v) is 19.0. The van der Waals surface area contributed by atoms with Crippen molar-refractivity contribution in [3.63, 3.8) is 0 Å². The monoisotopic (exact) mass is 471 g/mol. The minimum Gasteiger partial charge on any atom is -0.495 e. The minimum atomic E-state index is -0.787. The van der Waals surface area contributed by atoms with E-state index in [1.165, 1.54) is 13.2 Å². The van der Waals surface area contributed by atoms with Crippen LogP contribution in [0.5, 0.6) is 11.5 Å². The van der Waals surface area contributed by atoms with E-state index in [0.29, 0.717) is 22.1 Å². The lowest BCUT2D eigenvalue weighted by Gasteiger charge is -2.13. The van der Waals surface area contributed by atoms with Crippen LogP contribution in [0.25, 0.3) is 5.69 Å². The molecule has 0 aliphatic heterocycles. The van der Waals surface area contributed by atoms with Gasteiger partial charge in [-0.1, -0.05) is 29.3 Å². The summed E-state index contributed by atoms with van der Waals surface area (Å²) in [6.07, 6.45) is 0. The molecule has 0 unspecified atom stereocenters. The Hall–Kier alpha value is -3.85. The third-order valence-electron chi connectivity index (χ3n) is 4.44. The van der Waals surface area contributed by atoms with E-state index in [0.717, 1.165) is 16.3 Å². The van der Waals surface area contributed by atoms with Crippen LogP contribution in [0.3, 0.4) is 0 Å². The van der Waals surface area contributed by atoms with Crippen LogP contribution in [0.2, 0.25) is 5.02 Å². The Kier molecular flexibility index (Phi) is 7.68. The fourth-order valence-corrected chi connectivity index (χ4v) is 3.04. The van der Waals surface area contributed by atoms with Crippen molar-refractivity contribution >= 4 is 29.2 Å². The number of amides is 1. The second kappa shape index (κ2) is 10.6. The third-order valence-corrected chi connectivity index (χ3v) is 4.67. The predicted molar refractivity (Wildman–Crippen MR) is 123 cm³/mol. The molecule has 1 heterocycles. The number of benzene rings is 2. The zero-order chi connectivity index (χ0) is 24.0. The number of nitrogens with one attached hydrogen (secondary N) is 1. The molecule has 2 aromatic carbocycles. The van der Waals surface area contributed by atoms with E-state index in [1.807, 2.05) is 19.1 Å². The second-order valence-corrected chi connectivity index (χ2v) is 7.28. The molecule has 0 aliphatic rings. The molecule has 10 heteroatoms. The van der Waals surface area contributed by atoms with Crippen molar-refractivity contribution in [3.8, 4) is 17.2 Å². The minimum absolute atomic E-state index is 0.0959. The van der Waals surface area contributed by atoms with Gasteiger partial charge in [0.05, 0.1) is 31.2 Å². The number of carbonyl (C=O) groups excluding carboxylic acids is 2. The molecule has 0 radical (unpaired) electrons. The van der Waals surface area contributed by atoms with Gasteiger partial charge in [-0.15, -0.1) is 0 Å². The summed E-state index contributed by atoms with van der Waals surface area (Å²) >= 11 is 5.97. The van der Waals surface area contributed by atoms with Crippen molar-refractivity contribution in [1.29, 1.82) is 0 Å². The Morgan fingerprint density at radius 3 is 2.48 bits per heavy atom. The number of halogens is 1. The number of anilines is 1. The summed E-state index contributed by atoms with van der Waals surface area (Å²) < 4.78 is 16.8. The van der Waals surface area contributed by atoms with Crippen LogP contribution >= 0.6 is 11.6 Å². The SMILES string of the molecule is CCOC(=O)c1nn(-c2ccc(C)cc2)c(=O)cc1OCC(=O)Nc1cc(Cl)ccc1OC. The number of hydrogen-bond donors (Lipinski definition) is 1. The molecule has 33 heavy (non-hydrogen) atoms. The number of methoxy groups -OCH3 is 1. The first-order chi connectivity index (χ1) is 15.8. The number of rotatable bonds is 8. The summed E-state index contributed by atoms with van der Waals surface area (Å²) in [6, 6.07) is 12.9. The molecule has 9 nitrogen and oxygen atoms in total. The maximum absolute atomic E-state index is 12.7. The lowest BCUT2D eigenvalue weighted by atomic mass is 10.2. The Bertz CT molecular complexity index is 1220. The van der Waals surface area contributed by atoms with Gasteiger partial charge in [0, 0.05) is 5.02 Å². The van der Waals surface area contributed by atoms with Crippen molar-refractivity contribution in [3.05, 3.63) is 75.2 Å². The average Bonchev–Trinajstić information content (AvgIpc) is 2.79. The highest BCUT2D eigenvalue weighted by Gasteiger charge is 2.21. The van der Waals surface area contributed by atoms with Gasteiger partial charge in [-0.05, 0) is 44.2 Å². The van der Waals surface area contributed by atoms with Crippen LogP contribution in [0.1, 0.15) is 23.0 Å². The standard InChI is InChI=1S/C23H22ClN3O6/c1-4-32-23(30)22-19(12-21(29)27(26-22)16-8-5-14(2)6-9-16)33-13-20(28)25-17-11-15(24)7-10-18(17)31-3/h5-12H,4,13H2,1-3H3,(H,25,28). The molecule has 0 atom stereocenters. The first-order valence-corrected chi connectivity index (χ1v) is 10.3. The van der Waals surface area contributed by atoms with Gasteiger partial charge in [-0.2, -0.15) is 9.78 Å². The summed E-state index contributed by atoms with van der Waals surface area (Å²) in [5.41, 5.74) is 1.04. The zero-order valence-electron chi connectivity index (χ0n) is 18.3. The number of esters is 1. The first-order valence-electron chi connectivity index (χ1n) is 9.97. The summed E-state index contributed by atoms with van der Waals surface area (Å²) in [5, 5.41) is 7.14. The van der Waals surface area contributed by atoms with Crippen molar-refractivity contribution in [2.24, 2.45) is 0 Å². The number of carbonyl (C=O) groups is 2. The number of ether oxygens (including phenoxy) is 3. The number of nitrogens with zero attached hydrogens (tertiary/aromatic N) is 2. The third kappa shape index (κ3) is 5.89. The number of aromatic nitrogens is 2. The van der Waals surface area contributed by atoms with Gasteiger partial charge in [-0.3, -0.25) is 9.59 Å². The van der Waals surface area contributed by atoms with Gasteiger partial charge in [-0.25, -0.2) is 4.79 Å². The highest BCUT2D eigenvalue weighted by molar-refractivity contribution is 6.31. The Labute approximate surface area is 194 Å². The normalized spacial score (nSPS) is 10.4. The second-order valence-electron chi connectivity index (χ2n) is 6.84. The van der Waals surface area contributed by atoms with Crippen LogP contribution in [0.15, 0.2) is 53.3 Å². The van der Waals surface area contributed by atoms with Crippen LogP contribution in [-0.4, -0.2) is 42.0 Å².